The molecular formula is C25H28N6O2. The van der Waals surface area contributed by atoms with Gasteiger partial charge < -0.3 is 25.2 Å². The lowest BCUT2D eigenvalue weighted by Gasteiger charge is -2.35. The number of carbonyl (C=O) groups excluding carboxylic acids is 1. The van der Waals surface area contributed by atoms with Crippen molar-refractivity contribution >= 4 is 34.1 Å². The molecule has 0 unspecified atom stereocenters. The molecule has 1 aliphatic rings. The van der Waals surface area contributed by atoms with Crippen LogP contribution in [0.3, 0.4) is 0 Å². The zero-order chi connectivity index (χ0) is 23.4. The molecule has 1 fully saturated rings. The Morgan fingerprint density at radius 2 is 2.00 bits per heavy atom. The lowest BCUT2D eigenvalue weighted by Crippen LogP contribution is -2.46. The zero-order valence-electron chi connectivity index (χ0n) is 19.1. The van der Waals surface area contributed by atoms with Crippen LogP contribution in [0, 0.1) is 12.3 Å². The summed E-state index contributed by atoms with van der Waals surface area (Å²) in [5.74, 6) is 3.78. The summed E-state index contributed by atoms with van der Waals surface area (Å²) < 4.78 is 5.54. The van der Waals surface area contributed by atoms with Crippen LogP contribution in [0.5, 0.6) is 5.75 Å². The number of aromatic nitrogens is 2. The van der Waals surface area contributed by atoms with Crippen LogP contribution in [0.25, 0.3) is 10.9 Å². The van der Waals surface area contributed by atoms with Gasteiger partial charge in [-0.25, -0.2) is 14.8 Å². The summed E-state index contributed by atoms with van der Waals surface area (Å²) in [7, 11) is 5.73. The van der Waals surface area contributed by atoms with E-state index < -0.39 is 0 Å². The van der Waals surface area contributed by atoms with Gasteiger partial charge in [-0.05, 0) is 51.2 Å². The number of fused-ring (bicyclic) bond motifs is 1. The van der Waals surface area contributed by atoms with Crippen molar-refractivity contribution in [2.24, 2.45) is 0 Å². The van der Waals surface area contributed by atoms with Gasteiger partial charge in [-0.15, -0.1) is 6.42 Å². The first-order valence-corrected chi connectivity index (χ1v) is 10.9. The maximum atomic E-state index is 13.0. The third-order valence-electron chi connectivity index (χ3n) is 5.97. The van der Waals surface area contributed by atoms with Gasteiger partial charge in [0, 0.05) is 41.8 Å². The van der Waals surface area contributed by atoms with Crippen LogP contribution in [-0.2, 0) is 0 Å². The Balaban J connectivity index is 1.60. The SMILES string of the molecule is C#Cc1cccc(Nc2ncnc3cc(OC)c(NC(=O)N4CCC(N(C)C)CC4)cc23)c1. The fourth-order valence-electron chi connectivity index (χ4n) is 4.05. The molecule has 1 aliphatic heterocycles. The molecule has 2 amide bonds. The molecule has 170 valence electrons. The van der Waals surface area contributed by atoms with E-state index in [9.17, 15) is 4.79 Å². The lowest BCUT2D eigenvalue weighted by atomic mass is 10.0. The van der Waals surface area contributed by atoms with E-state index >= 15 is 0 Å². The molecule has 1 saturated heterocycles. The van der Waals surface area contributed by atoms with Gasteiger partial charge in [0.1, 0.15) is 17.9 Å². The molecular weight excluding hydrogens is 416 g/mol. The van der Waals surface area contributed by atoms with Gasteiger partial charge in [0.15, 0.2) is 0 Å². The fourth-order valence-corrected chi connectivity index (χ4v) is 4.05. The lowest BCUT2D eigenvalue weighted by molar-refractivity contribution is 0.156. The van der Waals surface area contributed by atoms with Crippen molar-refractivity contribution < 1.29 is 9.53 Å². The van der Waals surface area contributed by atoms with E-state index in [4.69, 9.17) is 11.2 Å². The largest absolute Gasteiger partial charge is 0.494 e. The van der Waals surface area contributed by atoms with Crippen molar-refractivity contribution in [1.82, 2.24) is 19.8 Å². The number of rotatable bonds is 5. The smallest absolute Gasteiger partial charge is 0.321 e. The number of terminal acetylenes is 1. The number of nitrogens with zero attached hydrogens (tertiary/aromatic N) is 4. The highest BCUT2D eigenvalue weighted by Crippen LogP contribution is 2.33. The zero-order valence-corrected chi connectivity index (χ0v) is 19.1. The Bertz CT molecular complexity index is 1200. The van der Waals surface area contributed by atoms with E-state index in [2.05, 4.69) is 45.5 Å². The second kappa shape index (κ2) is 9.76. The van der Waals surface area contributed by atoms with Gasteiger partial charge in [-0.3, -0.25) is 0 Å². The number of hydrogen-bond donors (Lipinski definition) is 2. The Morgan fingerprint density at radius 3 is 2.70 bits per heavy atom. The van der Waals surface area contributed by atoms with Gasteiger partial charge in [-0.1, -0.05) is 12.0 Å². The fraction of sp³-hybridized carbons (Fsp3) is 0.320. The minimum absolute atomic E-state index is 0.141. The van der Waals surface area contributed by atoms with Gasteiger partial charge in [0.25, 0.3) is 0 Å². The topological polar surface area (TPSA) is 82.6 Å². The van der Waals surface area contributed by atoms with E-state index in [0.717, 1.165) is 29.5 Å². The minimum Gasteiger partial charge on any atom is -0.494 e. The first-order chi connectivity index (χ1) is 16.0. The molecule has 0 aliphatic carbocycles. The summed E-state index contributed by atoms with van der Waals surface area (Å²) in [6, 6.07) is 11.5. The second-order valence-corrected chi connectivity index (χ2v) is 8.25. The second-order valence-electron chi connectivity index (χ2n) is 8.25. The molecule has 0 radical (unpaired) electrons. The van der Waals surface area contributed by atoms with Crippen LogP contribution in [0.4, 0.5) is 22.0 Å². The molecule has 3 aromatic rings. The normalized spacial score (nSPS) is 14.2. The Kier molecular flexibility index (Phi) is 6.61. The number of nitrogens with one attached hydrogen (secondary N) is 2. The van der Waals surface area contributed by atoms with Crippen molar-refractivity contribution in [3.63, 3.8) is 0 Å². The number of urea groups is 1. The summed E-state index contributed by atoms with van der Waals surface area (Å²) in [6.07, 6.45) is 8.91. The van der Waals surface area contributed by atoms with Crippen molar-refractivity contribution in [3.8, 4) is 18.1 Å². The number of likely N-dealkylation sites (tertiary alicyclic amines) is 1. The molecule has 0 bridgehead atoms. The van der Waals surface area contributed by atoms with Crippen LogP contribution in [-0.4, -0.2) is 66.1 Å². The van der Waals surface area contributed by atoms with Crippen molar-refractivity contribution in [2.75, 3.05) is 44.9 Å². The molecule has 0 atom stereocenters. The number of piperidine rings is 1. The number of methoxy groups -OCH3 is 1. The average Bonchev–Trinajstić information content (AvgIpc) is 2.84. The van der Waals surface area contributed by atoms with Gasteiger partial charge >= 0.3 is 6.03 Å². The van der Waals surface area contributed by atoms with E-state index in [0.29, 0.717) is 41.9 Å². The monoisotopic (exact) mass is 444 g/mol. The van der Waals surface area contributed by atoms with E-state index in [1.165, 1.54) is 6.33 Å². The van der Waals surface area contributed by atoms with Crippen molar-refractivity contribution in [2.45, 2.75) is 18.9 Å². The van der Waals surface area contributed by atoms with Crippen LogP contribution < -0.4 is 15.4 Å². The predicted molar refractivity (Wildman–Crippen MR) is 131 cm³/mol. The molecule has 33 heavy (non-hydrogen) atoms. The minimum atomic E-state index is -0.141. The summed E-state index contributed by atoms with van der Waals surface area (Å²) in [6.45, 7) is 1.43. The van der Waals surface area contributed by atoms with Crippen molar-refractivity contribution in [3.05, 3.63) is 48.3 Å². The molecule has 8 nitrogen and oxygen atoms in total. The molecule has 2 aromatic carbocycles. The number of hydrogen-bond acceptors (Lipinski definition) is 6. The molecule has 2 heterocycles. The van der Waals surface area contributed by atoms with E-state index in [-0.39, 0.29) is 6.03 Å². The Labute approximate surface area is 194 Å². The molecule has 8 heteroatoms. The van der Waals surface area contributed by atoms with Gasteiger partial charge in [0.05, 0.1) is 18.3 Å². The quantitative estimate of drug-likeness (QED) is 0.581. The van der Waals surface area contributed by atoms with Crippen LogP contribution in [0.1, 0.15) is 18.4 Å². The van der Waals surface area contributed by atoms with Gasteiger partial charge in [-0.2, -0.15) is 0 Å². The first-order valence-electron chi connectivity index (χ1n) is 10.9. The Morgan fingerprint density at radius 1 is 1.21 bits per heavy atom. The third-order valence-corrected chi connectivity index (χ3v) is 5.97. The molecule has 0 spiro atoms. The summed E-state index contributed by atoms with van der Waals surface area (Å²) in [5, 5.41) is 7.07. The van der Waals surface area contributed by atoms with Crippen LogP contribution in [0.15, 0.2) is 42.7 Å². The van der Waals surface area contributed by atoms with Crippen molar-refractivity contribution in [1.29, 1.82) is 0 Å². The summed E-state index contributed by atoms with van der Waals surface area (Å²) in [5.41, 5.74) is 2.85. The third kappa shape index (κ3) is 4.99. The first kappa shape index (κ1) is 22.4. The summed E-state index contributed by atoms with van der Waals surface area (Å²) >= 11 is 0. The number of amides is 2. The highest BCUT2D eigenvalue weighted by Gasteiger charge is 2.24. The predicted octanol–water partition coefficient (Wildman–Crippen LogP) is 3.92. The Hall–Kier alpha value is -3.83. The van der Waals surface area contributed by atoms with Gasteiger partial charge in [0.2, 0.25) is 0 Å². The maximum absolute atomic E-state index is 13.0. The number of carbonyl (C=O) groups is 1. The standard InChI is InChI=1S/C25H28N6O2/c1-5-17-7-6-8-18(13-17)28-24-20-14-22(23(33-4)15-21(20)26-16-27-24)29-25(32)31-11-9-19(10-12-31)30(2)3/h1,6-8,13-16,19H,9-12H2,2-4H3,(H,29,32)(H,26,27,28). The maximum Gasteiger partial charge on any atom is 0.321 e. The highest BCUT2D eigenvalue weighted by molar-refractivity contribution is 5.99. The van der Waals surface area contributed by atoms with E-state index in [1.807, 2.05) is 35.2 Å². The van der Waals surface area contributed by atoms with E-state index in [1.54, 1.807) is 13.2 Å². The molecule has 1 aromatic heterocycles. The molecule has 4 rings (SSSR count). The number of anilines is 3. The van der Waals surface area contributed by atoms with Crippen LogP contribution >= 0.6 is 0 Å². The molecule has 0 saturated carbocycles. The summed E-state index contributed by atoms with van der Waals surface area (Å²) in [4.78, 5) is 25.8. The average molecular weight is 445 g/mol. The number of benzene rings is 2. The highest BCUT2D eigenvalue weighted by atomic mass is 16.5. The van der Waals surface area contributed by atoms with Crippen LogP contribution in [0.2, 0.25) is 0 Å². The molecule has 2 N–H and O–H groups in total. The number of ether oxygens (including phenoxy) is 1.